The summed E-state index contributed by atoms with van der Waals surface area (Å²) in [6.07, 6.45) is 0.459. The molecule has 1 aromatic rings. The highest BCUT2D eigenvalue weighted by Crippen LogP contribution is 2.20. The molecule has 0 saturated heterocycles. The van der Waals surface area contributed by atoms with Gasteiger partial charge >= 0.3 is 0 Å². The first kappa shape index (κ1) is 14.0. The molecular weight excluding hydrogens is 230 g/mol. The van der Waals surface area contributed by atoms with E-state index in [1.807, 2.05) is 19.9 Å². The summed E-state index contributed by atoms with van der Waals surface area (Å²) in [5.74, 6) is 0.286. The molecule has 0 radical (unpaired) electrons. The van der Waals surface area contributed by atoms with Crippen LogP contribution >= 0.6 is 0 Å². The van der Waals surface area contributed by atoms with Crippen molar-refractivity contribution in [2.75, 3.05) is 11.9 Å². The van der Waals surface area contributed by atoms with Crippen molar-refractivity contribution in [3.63, 3.8) is 0 Å². The number of hydrogen-bond acceptors (Lipinski definition) is 3. The Labute approximate surface area is 107 Å². The number of para-hydroxylation sites is 1. The molecule has 0 atom stereocenters. The Balaban J connectivity index is 3.06. The average Bonchev–Trinajstić information content (AvgIpc) is 2.36. The van der Waals surface area contributed by atoms with Gasteiger partial charge in [0.15, 0.2) is 5.84 Å². The number of oxime groups is 1. The molecule has 5 nitrogen and oxygen atoms in total. The number of amides is 1. The van der Waals surface area contributed by atoms with Gasteiger partial charge in [-0.2, -0.15) is 0 Å². The van der Waals surface area contributed by atoms with Crippen LogP contribution < -0.4 is 10.6 Å². The number of nitrogens with two attached hydrogens (primary N) is 1. The van der Waals surface area contributed by atoms with Crippen LogP contribution in [0, 0.1) is 5.92 Å². The lowest BCUT2D eigenvalue weighted by Crippen LogP contribution is -2.29. The summed E-state index contributed by atoms with van der Waals surface area (Å²) in [6.45, 7) is 3.97. The van der Waals surface area contributed by atoms with Crippen LogP contribution in [-0.4, -0.2) is 24.0 Å². The van der Waals surface area contributed by atoms with E-state index in [0.717, 1.165) is 0 Å². The quantitative estimate of drug-likeness (QED) is 0.369. The van der Waals surface area contributed by atoms with Crippen LogP contribution in [0.1, 0.15) is 25.8 Å². The zero-order valence-corrected chi connectivity index (χ0v) is 10.9. The van der Waals surface area contributed by atoms with Gasteiger partial charge in [-0.1, -0.05) is 31.1 Å². The van der Waals surface area contributed by atoms with Crippen molar-refractivity contribution in [2.24, 2.45) is 16.8 Å². The summed E-state index contributed by atoms with van der Waals surface area (Å²) in [5, 5.41) is 11.7. The monoisotopic (exact) mass is 249 g/mol. The summed E-state index contributed by atoms with van der Waals surface area (Å²) in [7, 11) is 1.69. The maximum atomic E-state index is 12.0. The number of carbonyl (C=O) groups is 1. The second-order valence-corrected chi connectivity index (χ2v) is 4.55. The molecule has 0 aliphatic heterocycles. The number of benzene rings is 1. The van der Waals surface area contributed by atoms with Crippen molar-refractivity contribution in [1.29, 1.82) is 0 Å². The first-order chi connectivity index (χ1) is 8.47. The van der Waals surface area contributed by atoms with Crippen LogP contribution in [0.5, 0.6) is 0 Å². The van der Waals surface area contributed by atoms with Crippen LogP contribution in [0.2, 0.25) is 0 Å². The number of nitrogens with zero attached hydrogens (tertiary/aromatic N) is 2. The van der Waals surface area contributed by atoms with Gasteiger partial charge in [0.1, 0.15) is 0 Å². The zero-order valence-electron chi connectivity index (χ0n) is 10.9. The van der Waals surface area contributed by atoms with E-state index < -0.39 is 0 Å². The molecule has 0 spiro atoms. The van der Waals surface area contributed by atoms with E-state index in [4.69, 9.17) is 10.9 Å². The largest absolute Gasteiger partial charge is 0.409 e. The average molecular weight is 249 g/mol. The fraction of sp³-hybridized carbons (Fsp3) is 0.385. The maximum Gasteiger partial charge on any atom is 0.226 e. The van der Waals surface area contributed by atoms with Gasteiger partial charge in [-0.05, 0) is 18.1 Å². The predicted octanol–water partition coefficient (Wildman–Crippen LogP) is 1.79. The molecule has 18 heavy (non-hydrogen) atoms. The normalized spacial score (nSPS) is 11.7. The molecular formula is C13H19N3O2. The van der Waals surface area contributed by atoms with E-state index in [2.05, 4.69) is 5.16 Å². The maximum absolute atomic E-state index is 12.0. The molecule has 0 fully saturated rings. The predicted molar refractivity (Wildman–Crippen MR) is 71.8 cm³/mol. The highest BCUT2D eigenvalue weighted by atomic mass is 16.4. The van der Waals surface area contributed by atoms with Crippen LogP contribution in [0.4, 0.5) is 5.69 Å². The highest BCUT2D eigenvalue weighted by Gasteiger charge is 2.16. The fourth-order valence-electron chi connectivity index (χ4n) is 1.66. The summed E-state index contributed by atoms with van der Waals surface area (Å²) < 4.78 is 0. The van der Waals surface area contributed by atoms with Crippen molar-refractivity contribution < 1.29 is 10.0 Å². The number of hydrogen-bond donors (Lipinski definition) is 2. The first-order valence-corrected chi connectivity index (χ1v) is 5.80. The Morgan fingerprint density at radius 2 is 2.06 bits per heavy atom. The molecule has 0 aliphatic rings. The first-order valence-electron chi connectivity index (χ1n) is 5.80. The van der Waals surface area contributed by atoms with Crippen LogP contribution in [0.15, 0.2) is 29.4 Å². The minimum absolute atomic E-state index is 0.00295. The van der Waals surface area contributed by atoms with Gasteiger partial charge in [0, 0.05) is 19.0 Å². The topological polar surface area (TPSA) is 78.9 Å². The zero-order chi connectivity index (χ0) is 13.7. The minimum Gasteiger partial charge on any atom is -0.409 e. The Hall–Kier alpha value is -2.04. The van der Waals surface area contributed by atoms with Gasteiger partial charge in [-0.15, -0.1) is 0 Å². The van der Waals surface area contributed by atoms with Crippen LogP contribution in [0.25, 0.3) is 0 Å². The molecule has 0 aromatic heterocycles. The van der Waals surface area contributed by atoms with Crippen LogP contribution in [0.3, 0.4) is 0 Å². The van der Waals surface area contributed by atoms with Gasteiger partial charge in [0.25, 0.3) is 0 Å². The molecule has 1 amide bonds. The summed E-state index contributed by atoms with van der Waals surface area (Å²) in [4.78, 5) is 13.5. The second kappa shape index (κ2) is 6.05. The lowest BCUT2D eigenvalue weighted by Gasteiger charge is -2.21. The van der Waals surface area contributed by atoms with Gasteiger partial charge in [0.05, 0.1) is 5.69 Å². The molecule has 0 heterocycles. The Bertz CT molecular complexity index is 455. The molecule has 98 valence electrons. The lowest BCUT2D eigenvalue weighted by molar-refractivity contribution is -0.119. The lowest BCUT2D eigenvalue weighted by atomic mass is 10.1. The van der Waals surface area contributed by atoms with Crippen molar-refractivity contribution in [3.05, 3.63) is 29.8 Å². The molecule has 1 aromatic carbocycles. The molecule has 5 heteroatoms. The number of rotatable bonds is 4. The van der Waals surface area contributed by atoms with E-state index in [9.17, 15) is 4.79 Å². The van der Waals surface area contributed by atoms with Crippen molar-refractivity contribution in [2.45, 2.75) is 20.3 Å². The van der Waals surface area contributed by atoms with E-state index >= 15 is 0 Å². The molecule has 0 saturated carbocycles. The number of carbonyl (C=O) groups excluding carboxylic acids is 1. The summed E-state index contributed by atoms with van der Waals surface area (Å²) in [6, 6.07) is 7.06. The summed E-state index contributed by atoms with van der Waals surface area (Å²) in [5.41, 5.74) is 6.78. The van der Waals surface area contributed by atoms with Crippen LogP contribution in [-0.2, 0) is 4.79 Å². The third kappa shape index (κ3) is 3.23. The second-order valence-electron chi connectivity index (χ2n) is 4.55. The SMILES string of the molecule is CC(C)CC(=O)N(C)c1ccccc1C(N)=NO. The van der Waals surface area contributed by atoms with Gasteiger partial charge < -0.3 is 15.8 Å². The third-order valence-corrected chi connectivity index (χ3v) is 2.61. The van der Waals surface area contributed by atoms with Crippen molar-refractivity contribution in [3.8, 4) is 0 Å². The molecule has 0 unspecified atom stereocenters. The molecule has 3 N–H and O–H groups in total. The van der Waals surface area contributed by atoms with E-state index in [1.54, 1.807) is 25.2 Å². The Morgan fingerprint density at radius 1 is 1.44 bits per heavy atom. The summed E-state index contributed by atoms with van der Waals surface area (Å²) >= 11 is 0. The number of anilines is 1. The molecule has 0 aliphatic carbocycles. The van der Waals surface area contributed by atoms with E-state index in [0.29, 0.717) is 17.7 Å². The van der Waals surface area contributed by atoms with Crippen molar-refractivity contribution >= 4 is 17.4 Å². The third-order valence-electron chi connectivity index (χ3n) is 2.61. The van der Waals surface area contributed by atoms with E-state index in [1.165, 1.54) is 4.90 Å². The molecule has 0 bridgehead atoms. The molecule has 1 rings (SSSR count). The van der Waals surface area contributed by atoms with E-state index in [-0.39, 0.29) is 17.7 Å². The smallest absolute Gasteiger partial charge is 0.226 e. The number of amidine groups is 1. The van der Waals surface area contributed by atoms with Gasteiger partial charge in [-0.3, -0.25) is 4.79 Å². The standard InChI is InChI=1S/C13H19N3O2/c1-9(2)8-12(17)16(3)11-7-5-4-6-10(11)13(14)15-18/h4-7,9,18H,8H2,1-3H3,(H2,14,15). The Kier molecular flexibility index (Phi) is 4.71. The minimum atomic E-state index is -0.00482. The van der Waals surface area contributed by atoms with Gasteiger partial charge in [-0.25, -0.2) is 0 Å². The van der Waals surface area contributed by atoms with Gasteiger partial charge in [0.2, 0.25) is 5.91 Å². The fourth-order valence-corrected chi connectivity index (χ4v) is 1.66. The Morgan fingerprint density at radius 3 is 2.61 bits per heavy atom. The highest BCUT2D eigenvalue weighted by molar-refractivity contribution is 6.06. The van der Waals surface area contributed by atoms with Crippen molar-refractivity contribution in [1.82, 2.24) is 0 Å².